The average Bonchev–Trinajstić information content (AvgIpc) is 2.44. The molecule has 0 bridgehead atoms. The minimum atomic E-state index is -0.229. The van der Waals surface area contributed by atoms with Crippen molar-refractivity contribution in [2.45, 2.75) is 13.8 Å². The summed E-state index contributed by atoms with van der Waals surface area (Å²) >= 11 is 0. The van der Waals surface area contributed by atoms with Crippen LogP contribution in [0.25, 0.3) is 0 Å². The van der Waals surface area contributed by atoms with Crippen molar-refractivity contribution in [1.29, 1.82) is 0 Å². The number of nitrogens with zero attached hydrogens (tertiary/aromatic N) is 3. The molecule has 0 saturated heterocycles. The molecule has 0 aliphatic heterocycles. The summed E-state index contributed by atoms with van der Waals surface area (Å²) in [5.74, 6) is -0.448. The van der Waals surface area contributed by atoms with Gasteiger partial charge in [-0.05, 0) is 6.92 Å². The SMILES string of the molecule is CC(=O)Nc1c(C(=O)N(C)C)nn(C)c1C. The molecule has 1 aromatic heterocycles. The Morgan fingerprint density at radius 1 is 1.38 bits per heavy atom. The van der Waals surface area contributed by atoms with Crippen LogP contribution in [0, 0.1) is 6.92 Å². The third-order valence-electron chi connectivity index (χ3n) is 2.24. The summed E-state index contributed by atoms with van der Waals surface area (Å²) in [6, 6.07) is 0. The Morgan fingerprint density at radius 2 is 1.94 bits per heavy atom. The highest BCUT2D eigenvalue weighted by molar-refractivity contribution is 6.02. The second kappa shape index (κ2) is 4.34. The highest BCUT2D eigenvalue weighted by Crippen LogP contribution is 2.20. The fraction of sp³-hybridized carbons (Fsp3) is 0.500. The molecule has 6 nitrogen and oxygen atoms in total. The molecule has 6 heteroatoms. The molecule has 0 unspecified atom stereocenters. The minimum absolute atomic E-state index is 0.219. The lowest BCUT2D eigenvalue weighted by atomic mass is 10.2. The Labute approximate surface area is 94.2 Å². The van der Waals surface area contributed by atoms with Crippen LogP contribution >= 0.6 is 0 Å². The average molecular weight is 224 g/mol. The zero-order valence-electron chi connectivity index (χ0n) is 10.2. The molecule has 1 N–H and O–H groups in total. The number of hydrogen-bond acceptors (Lipinski definition) is 3. The van der Waals surface area contributed by atoms with Gasteiger partial charge in [-0.1, -0.05) is 0 Å². The van der Waals surface area contributed by atoms with Gasteiger partial charge in [0.2, 0.25) is 5.91 Å². The Kier molecular flexibility index (Phi) is 3.31. The van der Waals surface area contributed by atoms with E-state index in [9.17, 15) is 9.59 Å². The molecule has 0 fully saturated rings. The van der Waals surface area contributed by atoms with Gasteiger partial charge in [0.15, 0.2) is 5.69 Å². The lowest BCUT2D eigenvalue weighted by molar-refractivity contribution is -0.114. The van der Waals surface area contributed by atoms with E-state index < -0.39 is 0 Å². The van der Waals surface area contributed by atoms with E-state index in [4.69, 9.17) is 0 Å². The minimum Gasteiger partial charge on any atom is -0.343 e. The number of aromatic nitrogens is 2. The Hall–Kier alpha value is -1.85. The van der Waals surface area contributed by atoms with E-state index in [1.54, 1.807) is 32.7 Å². The molecule has 1 aromatic rings. The van der Waals surface area contributed by atoms with Gasteiger partial charge in [0.1, 0.15) is 0 Å². The van der Waals surface area contributed by atoms with E-state index in [0.717, 1.165) is 5.69 Å². The number of aryl methyl sites for hydroxylation is 1. The van der Waals surface area contributed by atoms with Crippen molar-refractivity contribution in [3.8, 4) is 0 Å². The van der Waals surface area contributed by atoms with Crippen molar-refractivity contribution in [1.82, 2.24) is 14.7 Å². The molecule has 16 heavy (non-hydrogen) atoms. The van der Waals surface area contributed by atoms with E-state index in [0.29, 0.717) is 5.69 Å². The molecule has 0 atom stereocenters. The zero-order valence-corrected chi connectivity index (χ0v) is 10.2. The number of hydrogen-bond donors (Lipinski definition) is 1. The van der Waals surface area contributed by atoms with Crippen LogP contribution in [-0.2, 0) is 11.8 Å². The Balaban J connectivity index is 3.23. The molecule has 0 radical (unpaired) electrons. The summed E-state index contributed by atoms with van der Waals surface area (Å²) in [5.41, 5.74) is 1.49. The number of nitrogens with one attached hydrogen (secondary N) is 1. The molecule has 0 aliphatic rings. The van der Waals surface area contributed by atoms with Gasteiger partial charge in [0.05, 0.1) is 11.4 Å². The number of anilines is 1. The molecule has 1 heterocycles. The Bertz CT molecular complexity index is 434. The number of carbonyl (C=O) groups is 2. The smallest absolute Gasteiger partial charge is 0.276 e. The molecule has 0 saturated carbocycles. The summed E-state index contributed by atoms with van der Waals surface area (Å²) in [4.78, 5) is 24.3. The fourth-order valence-corrected chi connectivity index (χ4v) is 1.30. The van der Waals surface area contributed by atoms with Crippen LogP contribution in [0.5, 0.6) is 0 Å². The van der Waals surface area contributed by atoms with Crippen molar-refractivity contribution in [2.24, 2.45) is 7.05 Å². The van der Waals surface area contributed by atoms with Crippen LogP contribution in [0.2, 0.25) is 0 Å². The number of amides is 2. The fourth-order valence-electron chi connectivity index (χ4n) is 1.30. The van der Waals surface area contributed by atoms with Gasteiger partial charge in [0.25, 0.3) is 5.91 Å². The predicted octanol–water partition coefficient (Wildman–Crippen LogP) is 0.389. The molecule has 0 spiro atoms. The first-order valence-corrected chi connectivity index (χ1v) is 4.87. The second-order valence-electron chi connectivity index (χ2n) is 3.81. The summed E-state index contributed by atoms with van der Waals surface area (Å²) in [5, 5.41) is 6.72. The van der Waals surface area contributed by atoms with Gasteiger partial charge in [-0.25, -0.2) is 0 Å². The highest BCUT2D eigenvalue weighted by atomic mass is 16.2. The van der Waals surface area contributed by atoms with Gasteiger partial charge in [-0.3, -0.25) is 14.3 Å². The maximum atomic E-state index is 11.8. The predicted molar refractivity (Wildman–Crippen MR) is 60.3 cm³/mol. The molecular formula is C10H16N4O2. The quantitative estimate of drug-likeness (QED) is 0.790. The molecule has 2 amide bonds. The normalized spacial score (nSPS) is 10.1. The first-order chi connectivity index (χ1) is 7.34. The van der Waals surface area contributed by atoms with E-state index in [2.05, 4.69) is 10.4 Å². The Morgan fingerprint density at radius 3 is 2.38 bits per heavy atom. The van der Waals surface area contributed by atoms with Gasteiger partial charge >= 0.3 is 0 Å². The van der Waals surface area contributed by atoms with E-state index in [-0.39, 0.29) is 17.5 Å². The first kappa shape index (κ1) is 12.2. The summed E-state index contributed by atoms with van der Waals surface area (Å²) in [6.45, 7) is 3.20. The van der Waals surface area contributed by atoms with Crippen molar-refractivity contribution >= 4 is 17.5 Å². The largest absolute Gasteiger partial charge is 0.343 e. The summed E-state index contributed by atoms with van der Waals surface area (Å²) < 4.78 is 1.57. The lowest BCUT2D eigenvalue weighted by Crippen LogP contribution is -2.24. The van der Waals surface area contributed by atoms with Crippen molar-refractivity contribution in [2.75, 3.05) is 19.4 Å². The highest BCUT2D eigenvalue weighted by Gasteiger charge is 2.21. The van der Waals surface area contributed by atoms with Crippen LogP contribution in [0.4, 0.5) is 5.69 Å². The van der Waals surface area contributed by atoms with Crippen LogP contribution in [0.15, 0.2) is 0 Å². The molecule has 0 aliphatic carbocycles. The zero-order chi connectivity index (χ0) is 12.5. The van der Waals surface area contributed by atoms with Gasteiger partial charge in [-0.15, -0.1) is 0 Å². The standard InChI is InChI=1S/C10H16N4O2/c1-6-8(11-7(2)15)9(12-14(6)5)10(16)13(3)4/h1-5H3,(H,11,15). The van der Waals surface area contributed by atoms with Crippen LogP contribution in [0.1, 0.15) is 23.1 Å². The molecule has 0 aromatic carbocycles. The second-order valence-corrected chi connectivity index (χ2v) is 3.81. The van der Waals surface area contributed by atoms with Crippen LogP contribution in [-0.4, -0.2) is 40.6 Å². The first-order valence-electron chi connectivity index (χ1n) is 4.87. The van der Waals surface area contributed by atoms with E-state index >= 15 is 0 Å². The molecule has 1 rings (SSSR count). The van der Waals surface area contributed by atoms with Gasteiger partial charge in [-0.2, -0.15) is 5.10 Å². The van der Waals surface area contributed by atoms with Gasteiger partial charge < -0.3 is 10.2 Å². The lowest BCUT2D eigenvalue weighted by Gasteiger charge is -2.09. The molecular weight excluding hydrogens is 208 g/mol. The van der Waals surface area contributed by atoms with Crippen molar-refractivity contribution in [3.05, 3.63) is 11.4 Å². The van der Waals surface area contributed by atoms with Crippen molar-refractivity contribution < 1.29 is 9.59 Å². The third kappa shape index (κ3) is 2.21. The topological polar surface area (TPSA) is 67.2 Å². The van der Waals surface area contributed by atoms with E-state index in [1.165, 1.54) is 11.8 Å². The summed E-state index contributed by atoms with van der Waals surface area (Å²) in [7, 11) is 5.01. The maximum absolute atomic E-state index is 11.8. The third-order valence-corrected chi connectivity index (χ3v) is 2.24. The summed E-state index contributed by atoms with van der Waals surface area (Å²) in [6.07, 6.45) is 0. The number of rotatable bonds is 2. The van der Waals surface area contributed by atoms with Crippen molar-refractivity contribution in [3.63, 3.8) is 0 Å². The number of carbonyl (C=O) groups excluding carboxylic acids is 2. The van der Waals surface area contributed by atoms with Crippen LogP contribution in [0.3, 0.4) is 0 Å². The van der Waals surface area contributed by atoms with Gasteiger partial charge in [0, 0.05) is 28.1 Å². The maximum Gasteiger partial charge on any atom is 0.276 e. The molecule has 88 valence electrons. The van der Waals surface area contributed by atoms with Crippen LogP contribution < -0.4 is 5.32 Å². The monoisotopic (exact) mass is 224 g/mol. The van der Waals surface area contributed by atoms with E-state index in [1.807, 2.05) is 0 Å².